The van der Waals surface area contributed by atoms with Gasteiger partial charge in [0.05, 0.1) is 12.2 Å². The summed E-state index contributed by atoms with van der Waals surface area (Å²) in [6, 6.07) is 2.96. The molecule has 1 aromatic carbocycles. The van der Waals surface area contributed by atoms with Crippen molar-refractivity contribution in [2.24, 2.45) is 23.7 Å². The van der Waals surface area contributed by atoms with E-state index in [4.69, 9.17) is 4.74 Å². The van der Waals surface area contributed by atoms with Gasteiger partial charge in [-0.15, -0.1) is 0 Å². The minimum absolute atomic E-state index is 0.0465. The van der Waals surface area contributed by atoms with Crippen LogP contribution in [0.25, 0.3) is 0 Å². The topological polar surface area (TPSA) is 12.5 Å². The summed E-state index contributed by atoms with van der Waals surface area (Å²) in [4.78, 5) is 0. The van der Waals surface area contributed by atoms with Gasteiger partial charge in [0.25, 0.3) is 0 Å². The van der Waals surface area contributed by atoms with Crippen LogP contribution < -0.4 is 0 Å². The summed E-state index contributed by atoms with van der Waals surface area (Å²) in [6.07, 6.45) is 8.64. The summed E-state index contributed by atoms with van der Waals surface area (Å²) in [5, 5.41) is 0. The van der Waals surface area contributed by atoms with E-state index in [2.05, 4.69) is 6.92 Å². The molecule has 4 rings (SSSR count). The van der Waals surface area contributed by atoms with Crippen molar-refractivity contribution in [2.45, 2.75) is 96.3 Å². The number of rotatable bonds is 7. The molecule has 31 heavy (non-hydrogen) atoms. The number of epoxide rings is 1. The first-order valence-corrected chi connectivity index (χ1v) is 12.4. The molecule has 0 radical (unpaired) electrons. The lowest BCUT2D eigenvalue weighted by Crippen LogP contribution is -2.26. The van der Waals surface area contributed by atoms with E-state index in [1.165, 1.54) is 63.5 Å². The van der Waals surface area contributed by atoms with Crippen molar-refractivity contribution in [2.75, 3.05) is 6.61 Å². The van der Waals surface area contributed by atoms with E-state index in [0.29, 0.717) is 18.9 Å². The van der Waals surface area contributed by atoms with Crippen LogP contribution in [-0.4, -0.2) is 6.61 Å². The summed E-state index contributed by atoms with van der Waals surface area (Å²) in [7, 11) is 0. The van der Waals surface area contributed by atoms with Crippen LogP contribution in [0.15, 0.2) is 12.1 Å². The molecule has 0 amide bonds. The fraction of sp³-hybridized carbons (Fsp3) is 0.769. The number of halogens is 4. The van der Waals surface area contributed by atoms with Gasteiger partial charge in [0, 0.05) is 5.56 Å². The minimum Gasteiger partial charge on any atom is -0.368 e. The largest absolute Gasteiger partial charge is 0.419 e. The molecule has 1 saturated heterocycles. The first kappa shape index (κ1) is 23.1. The number of alkyl halides is 3. The summed E-state index contributed by atoms with van der Waals surface area (Å²) < 4.78 is 60.4. The molecule has 3 fully saturated rings. The lowest BCUT2D eigenvalue weighted by atomic mass is 9.68. The molecule has 0 spiro atoms. The second-order valence-electron chi connectivity index (χ2n) is 10.2. The maximum Gasteiger partial charge on any atom is 0.419 e. The van der Waals surface area contributed by atoms with Gasteiger partial charge >= 0.3 is 6.18 Å². The highest BCUT2D eigenvalue weighted by atomic mass is 19.4. The quantitative estimate of drug-likeness (QED) is 0.307. The molecule has 1 aliphatic heterocycles. The third-order valence-corrected chi connectivity index (χ3v) is 8.19. The first-order valence-electron chi connectivity index (χ1n) is 12.4. The molecule has 0 N–H and O–H groups in total. The summed E-state index contributed by atoms with van der Waals surface area (Å²) in [6.45, 7) is 2.58. The fourth-order valence-electron chi connectivity index (χ4n) is 6.29. The second kappa shape index (κ2) is 9.80. The van der Waals surface area contributed by atoms with E-state index < -0.39 is 23.7 Å². The van der Waals surface area contributed by atoms with Gasteiger partial charge in [0.2, 0.25) is 0 Å². The van der Waals surface area contributed by atoms with E-state index in [1.54, 1.807) is 0 Å². The first-order chi connectivity index (χ1) is 14.9. The predicted octanol–water partition coefficient (Wildman–Crippen LogP) is 8.26. The van der Waals surface area contributed by atoms with Gasteiger partial charge in [-0.25, -0.2) is 4.39 Å². The van der Waals surface area contributed by atoms with Crippen molar-refractivity contribution in [3.8, 4) is 0 Å². The van der Waals surface area contributed by atoms with Gasteiger partial charge in [0.1, 0.15) is 11.9 Å². The maximum absolute atomic E-state index is 14.6. The van der Waals surface area contributed by atoms with E-state index >= 15 is 0 Å². The van der Waals surface area contributed by atoms with Gasteiger partial charge in [0.15, 0.2) is 0 Å². The Labute approximate surface area is 183 Å². The highest BCUT2D eigenvalue weighted by Crippen LogP contribution is 2.44. The van der Waals surface area contributed by atoms with E-state index in [1.807, 2.05) is 0 Å². The second-order valence-corrected chi connectivity index (χ2v) is 10.2. The van der Waals surface area contributed by atoms with Crippen LogP contribution in [0.1, 0.15) is 100 Å². The molecule has 1 unspecified atom stereocenters. The van der Waals surface area contributed by atoms with Crippen molar-refractivity contribution in [3.63, 3.8) is 0 Å². The van der Waals surface area contributed by atoms with Crippen LogP contribution in [0.3, 0.4) is 0 Å². The highest BCUT2D eigenvalue weighted by Gasteiger charge is 2.40. The van der Waals surface area contributed by atoms with Gasteiger partial charge in [-0.3, -0.25) is 0 Å². The van der Waals surface area contributed by atoms with E-state index in [-0.39, 0.29) is 11.1 Å². The third kappa shape index (κ3) is 5.64. The van der Waals surface area contributed by atoms with Crippen LogP contribution in [0.4, 0.5) is 17.6 Å². The molecule has 5 heteroatoms. The monoisotopic (exact) mass is 440 g/mol. The van der Waals surface area contributed by atoms with Crippen molar-refractivity contribution >= 4 is 0 Å². The Morgan fingerprint density at radius 3 is 1.90 bits per heavy atom. The molecule has 1 nitrogen and oxygen atoms in total. The molecular weight excluding hydrogens is 404 g/mol. The SMILES string of the molecule is CCCC1CCC(C2CCC(CCc3ccc(C4CO4)c(F)c3C(F)(F)F)CC2)CC1. The average molecular weight is 441 g/mol. The summed E-state index contributed by atoms with van der Waals surface area (Å²) in [5.74, 6) is 1.92. The van der Waals surface area contributed by atoms with Gasteiger partial charge in [-0.2, -0.15) is 13.2 Å². The summed E-state index contributed by atoms with van der Waals surface area (Å²) in [5.41, 5.74) is -0.922. The van der Waals surface area contributed by atoms with E-state index in [9.17, 15) is 17.6 Å². The maximum atomic E-state index is 14.6. The van der Waals surface area contributed by atoms with E-state index in [0.717, 1.165) is 37.0 Å². The molecule has 1 heterocycles. The molecule has 3 aliphatic rings. The smallest absolute Gasteiger partial charge is 0.368 e. The number of hydrogen-bond donors (Lipinski definition) is 0. The normalized spacial score (nSPS) is 31.6. The lowest BCUT2D eigenvalue weighted by Gasteiger charge is -2.38. The molecule has 2 aliphatic carbocycles. The zero-order valence-corrected chi connectivity index (χ0v) is 18.7. The standard InChI is InChI=1S/C26H36F4O/c1-2-3-17-4-9-19(10-5-17)20-11-6-18(7-12-20)8-13-21-14-15-22(23-16-31-23)25(27)24(21)26(28,29)30/h14-15,17-20,23H,2-13,16H2,1H3. The third-order valence-electron chi connectivity index (χ3n) is 8.19. The van der Waals surface area contributed by atoms with Crippen LogP contribution in [-0.2, 0) is 17.3 Å². The highest BCUT2D eigenvalue weighted by molar-refractivity contribution is 5.38. The average Bonchev–Trinajstić information content (AvgIpc) is 3.58. The van der Waals surface area contributed by atoms with Crippen molar-refractivity contribution in [1.82, 2.24) is 0 Å². The van der Waals surface area contributed by atoms with Crippen molar-refractivity contribution in [1.29, 1.82) is 0 Å². The van der Waals surface area contributed by atoms with Crippen molar-refractivity contribution < 1.29 is 22.3 Å². The summed E-state index contributed by atoms with van der Waals surface area (Å²) >= 11 is 0. The molecular formula is C26H36F4O. The Kier molecular flexibility index (Phi) is 7.30. The molecule has 174 valence electrons. The van der Waals surface area contributed by atoms with Crippen LogP contribution in [0.5, 0.6) is 0 Å². The lowest BCUT2D eigenvalue weighted by molar-refractivity contribution is -0.140. The Bertz CT molecular complexity index is 724. The van der Waals surface area contributed by atoms with Gasteiger partial charge < -0.3 is 4.74 Å². The Morgan fingerprint density at radius 2 is 1.42 bits per heavy atom. The number of benzene rings is 1. The zero-order valence-electron chi connectivity index (χ0n) is 18.7. The number of ether oxygens (including phenoxy) is 1. The van der Waals surface area contributed by atoms with Crippen LogP contribution in [0, 0.1) is 29.5 Å². The molecule has 0 bridgehead atoms. The zero-order chi connectivity index (χ0) is 22.0. The number of hydrogen-bond acceptors (Lipinski definition) is 1. The fourth-order valence-corrected chi connectivity index (χ4v) is 6.29. The number of aryl methyl sites for hydroxylation is 1. The molecule has 1 atom stereocenters. The Balaban J connectivity index is 1.30. The molecule has 1 aromatic rings. The Hall–Kier alpha value is -1.10. The van der Waals surface area contributed by atoms with Crippen molar-refractivity contribution in [3.05, 3.63) is 34.6 Å². The van der Waals surface area contributed by atoms with Gasteiger partial charge in [-0.05, 0) is 67.8 Å². The molecule has 0 aromatic heterocycles. The minimum atomic E-state index is -4.67. The van der Waals surface area contributed by atoms with Crippen LogP contribution >= 0.6 is 0 Å². The van der Waals surface area contributed by atoms with Gasteiger partial charge in [-0.1, -0.05) is 57.6 Å². The Morgan fingerprint density at radius 1 is 0.871 bits per heavy atom. The molecule has 2 saturated carbocycles. The van der Waals surface area contributed by atoms with Crippen LogP contribution in [0.2, 0.25) is 0 Å². The predicted molar refractivity (Wildman–Crippen MR) is 114 cm³/mol.